The van der Waals surface area contributed by atoms with E-state index < -0.39 is 0 Å². The summed E-state index contributed by atoms with van der Waals surface area (Å²) in [4.78, 5) is 21.0. The van der Waals surface area contributed by atoms with Crippen LogP contribution in [0.3, 0.4) is 0 Å². The fourth-order valence-electron chi connectivity index (χ4n) is 2.77. The highest BCUT2D eigenvalue weighted by Gasteiger charge is 2.22. The molecule has 0 atom stereocenters. The summed E-state index contributed by atoms with van der Waals surface area (Å²) in [6, 6.07) is 15.3. The van der Waals surface area contributed by atoms with Gasteiger partial charge >= 0.3 is 0 Å². The van der Waals surface area contributed by atoms with E-state index in [0.29, 0.717) is 25.1 Å². The van der Waals surface area contributed by atoms with Gasteiger partial charge in [0.2, 0.25) is 0 Å². The maximum absolute atomic E-state index is 12.6. The van der Waals surface area contributed by atoms with Crippen molar-refractivity contribution in [2.45, 2.75) is 6.42 Å². The molecular weight excluding hydrogens is 288 g/mol. The van der Waals surface area contributed by atoms with E-state index >= 15 is 0 Å². The molecule has 0 unspecified atom stereocenters. The van der Waals surface area contributed by atoms with Gasteiger partial charge in [-0.25, -0.2) is 4.98 Å². The van der Waals surface area contributed by atoms with E-state index in [1.165, 1.54) is 0 Å². The molecule has 2 aromatic rings. The lowest BCUT2D eigenvalue weighted by Crippen LogP contribution is -2.49. The summed E-state index contributed by atoms with van der Waals surface area (Å²) in [5.41, 5.74) is 1.54. The lowest BCUT2D eigenvalue weighted by Gasteiger charge is -2.35. The molecule has 0 radical (unpaired) electrons. The minimum absolute atomic E-state index is 0.0328. The fraction of sp³-hybridized carbons (Fsp3) is 0.278. The summed E-state index contributed by atoms with van der Waals surface area (Å²) in [6.45, 7) is 2.91. The van der Waals surface area contributed by atoms with E-state index in [-0.39, 0.29) is 5.91 Å². The Bertz CT molecular complexity index is 715. The molecule has 0 aliphatic carbocycles. The first-order chi connectivity index (χ1) is 11.3. The lowest BCUT2D eigenvalue weighted by molar-refractivity contribution is 0.0746. The van der Waals surface area contributed by atoms with Crippen LogP contribution in [0.15, 0.2) is 48.7 Å². The summed E-state index contributed by atoms with van der Waals surface area (Å²) in [5.74, 6) is 0.987. The van der Waals surface area contributed by atoms with Gasteiger partial charge in [0.15, 0.2) is 0 Å². The van der Waals surface area contributed by atoms with Crippen LogP contribution in [0, 0.1) is 11.3 Å². The first-order valence-electron chi connectivity index (χ1n) is 7.69. The molecule has 0 bridgehead atoms. The van der Waals surface area contributed by atoms with Crippen molar-refractivity contribution >= 4 is 11.7 Å². The van der Waals surface area contributed by atoms with Crippen molar-refractivity contribution in [2.75, 3.05) is 31.1 Å². The Labute approximate surface area is 135 Å². The van der Waals surface area contributed by atoms with Crippen molar-refractivity contribution in [3.8, 4) is 6.07 Å². The van der Waals surface area contributed by atoms with Gasteiger partial charge in [0, 0.05) is 37.9 Å². The lowest BCUT2D eigenvalue weighted by atomic mass is 10.1. The number of carbonyl (C=O) groups excluding carboxylic acids is 1. The molecule has 0 N–H and O–H groups in total. The average molecular weight is 306 g/mol. The highest BCUT2D eigenvalue weighted by Crippen LogP contribution is 2.15. The van der Waals surface area contributed by atoms with E-state index in [0.717, 1.165) is 24.5 Å². The number of amides is 1. The van der Waals surface area contributed by atoms with Crippen LogP contribution in [0.2, 0.25) is 0 Å². The standard InChI is InChI=1S/C18H18N4O/c19-8-7-15-4-3-5-16(14-15)18(23)22-12-10-21(11-13-22)17-6-1-2-9-20-17/h1-6,9,14H,7,10-13H2. The summed E-state index contributed by atoms with van der Waals surface area (Å²) in [7, 11) is 0. The third kappa shape index (κ3) is 3.49. The summed E-state index contributed by atoms with van der Waals surface area (Å²) in [6.07, 6.45) is 2.11. The number of carbonyl (C=O) groups is 1. The number of nitrogens with zero attached hydrogens (tertiary/aromatic N) is 4. The van der Waals surface area contributed by atoms with Crippen LogP contribution >= 0.6 is 0 Å². The van der Waals surface area contributed by atoms with Gasteiger partial charge in [-0.1, -0.05) is 18.2 Å². The molecule has 1 aromatic heterocycles. The maximum atomic E-state index is 12.6. The predicted octanol–water partition coefficient (Wildman–Crippen LogP) is 2.11. The fourth-order valence-corrected chi connectivity index (χ4v) is 2.77. The van der Waals surface area contributed by atoms with Crippen molar-refractivity contribution < 1.29 is 4.79 Å². The Balaban J connectivity index is 1.64. The molecule has 2 heterocycles. The van der Waals surface area contributed by atoms with E-state index in [4.69, 9.17) is 5.26 Å². The molecule has 5 nitrogen and oxygen atoms in total. The number of anilines is 1. The van der Waals surface area contributed by atoms with Gasteiger partial charge in [-0.2, -0.15) is 5.26 Å². The summed E-state index contributed by atoms with van der Waals surface area (Å²) in [5, 5.41) is 8.78. The number of pyridine rings is 1. The van der Waals surface area contributed by atoms with Crippen molar-refractivity contribution in [1.29, 1.82) is 5.26 Å². The zero-order valence-corrected chi connectivity index (χ0v) is 12.9. The van der Waals surface area contributed by atoms with Gasteiger partial charge in [-0.05, 0) is 29.8 Å². The topological polar surface area (TPSA) is 60.2 Å². The van der Waals surface area contributed by atoms with Crippen LogP contribution in [0.25, 0.3) is 0 Å². The van der Waals surface area contributed by atoms with Crippen LogP contribution < -0.4 is 4.90 Å². The SMILES string of the molecule is N#CCc1cccc(C(=O)N2CCN(c3ccccn3)CC2)c1. The van der Waals surface area contributed by atoms with Crippen molar-refractivity contribution in [2.24, 2.45) is 0 Å². The Morgan fingerprint density at radius 3 is 2.65 bits per heavy atom. The van der Waals surface area contributed by atoms with Crippen LogP contribution in [-0.4, -0.2) is 42.0 Å². The molecule has 1 aliphatic rings. The normalized spacial score (nSPS) is 14.4. The predicted molar refractivity (Wildman–Crippen MR) is 88.1 cm³/mol. The molecule has 1 fully saturated rings. The second-order valence-corrected chi connectivity index (χ2v) is 5.50. The zero-order chi connectivity index (χ0) is 16.1. The largest absolute Gasteiger partial charge is 0.353 e. The molecule has 1 amide bonds. The van der Waals surface area contributed by atoms with Crippen LogP contribution in [0.4, 0.5) is 5.82 Å². The molecule has 0 spiro atoms. The number of aromatic nitrogens is 1. The summed E-state index contributed by atoms with van der Waals surface area (Å²) < 4.78 is 0. The maximum Gasteiger partial charge on any atom is 0.253 e. The van der Waals surface area contributed by atoms with Crippen molar-refractivity contribution in [3.05, 3.63) is 59.8 Å². The second kappa shape index (κ2) is 6.93. The molecular formula is C18H18N4O. The highest BCUT2D eigenvalue weighted by atomic mass is 16.2. The Kier molecular flexibility index (Phi) is 4.53. The first kappa shape index (κ1) is 15.0. The monoisotopic (exact) mass is 306 g/mol. The zero-order valence-electron chi connectivity index (χ0n) is 12.9. The van der Waals surface area contributed by atoms with E-state index in [1.54, 1.807) is 6.20 Å². The Morgan fingerprint density at radius 2 is 1.96 bits per heavy atom. The van der Waals surface area contributed by atoms with Gasteiger partial charge in [-0.3, -0.25) is 4.79 Å². The highest BCUT2D eigenvalue weighted by molar-refractivity contribution is 5.94. The van der Waals surface area contributed by atoms with E-state index in [2.05, 4.69) is 16.0 Å². The van der Waals surface area contributed by atoms with E-state index in [1.807, 2.05) is 47.4 Å². The van der Waals surface area contributed by atoms with Crippen LogP contribution in [-0.2, 0) is 6.42 Å². The Morgan fingerprint density at radius 1 is 1.13 bits per heavy atom. The Hall–Kier alpha value is -2.87. The van der Waals surface area contributed by atoms with Gasteiger partial charge in [0.05, 0.1) is 12.5 Å². The van der Waals surface area contributed by atoms with Gasteiger partial charge in [-0.15, -0.1) is 0 Å². The average Bonchev–Trinajstić information content (AvgIpc) is 2.62. The van der Waals surface area contributed by atoms with Gasteiger partial charge in [0.25, 0.3) is 5.91 Å². The summed E-state index contributed by atoms with van der Waals surface area (Å²) >= 11 is 0. The van der Waals surface area contributed by atoms with Crippen molar-refractivity contribution in [1.82, 2.24) is 9.88 Å². The molecule has 1 aromatic carbocycles. The minimum Gasteiger partial charge on any atom is -0.353 e. The molecule has 23 heavy (non-hydrogen) atoms. The second-order valence-electron chi connectivity index (χ2n) is 5.50. The molecule has 0 saturated carbocycles. The number of hydrogen-bond donors (Lipinski definition) is 0. The quantitative estimate of drug-likeness (QED) is 0.871. The molecule has 1 saturated heterocycles. The third-order valence-electron chi connectivity index (χ3n) is 4.00. The molecule has 5 heteroatoms. The number of piperazine rings is 1. The smallest absolute Gasteiger partial charge is 0.253 e. The van der Waals surface area contributed by atoms with Crippen molar-refractivity contribution in [3.63, 3.8) is 0 Å². The number of hydrogen-bond acceptors (Lipinski definition) is 4. The van der Waals surface area contributed by atoms with E-state index in [9.17, 15) is 4.79 Å². The molecule has 116 valence electrons. The molecule has 3 rings (SSSR count). The first-order valence-corrected chi connectivity index (χ1v) is 7.69. The number of benzene rings is 1. The number of nitriles is 1. The van der Waals surface area contributed by atoms with Gasteiger partial charge in [0.1, 0.15) is 5.82 Å². The number of rotatable bonds is 3. The van der Waals surface area contributed by atoms with Crippen LogP contribution in [0.1, 0.15) is 15.9 Å². The van der Waals surface area contributed by atoms with Gasteiger partial charge < -0.3 is 9.80 Å². The van der Waals surface area contributed by atoms with Crippen LogP contribution in [0.5, 0.6) is 0 Å². The molecule has 1 aliphatic heterocycles. The third-order valence-corrected chi connectivity index (χ3v) is 4.00. The minimum atomic E-state index is 0.0328.